The zero-order valence-electron chi connectivity index (χ0n) is 8.00. The van der Waals surface area contributed by atoms with Crippen molar-refractivity contribution in [2.24, 2.45) is 0 Å². The van der Waals surface area contributed by atoms with Crippen molar-refractivity contribution in [2.75, 3.05) is 0 Å². The summed E-state index contributed by atoms with van der Waals surface area (Å²) in [5.41, 5.74) is 0. The molecule has 0 aromatic heterocycles. The van der Waals surface area contributed by atoms with Gasteiger partial charge in [-0.2, -0.15) is 0 Å². The van der Waals surface area contributed by atoms with Crippen molar-refractivity contribution < 1.29 is 14.7 Å². The Bertz CT molecular complexity index is 205. The fourth-order valence-corrected chi connectivity index (χ4v) is 1.86. The van der Waals surface area contributed by atoms with Crippen LogP contribution in [0.25, 0.3) is 0 Å². The second-order valence-corrected chi connectivity index (χ2v) is 3.66. The summed E-state index contributed by atoms with van der Waals surface area (Å²) < 4.78 is 0. The third-order valence-corrected chi connectivity index (χ3v) is 2.65. The van der Waals surface area contributed by atoms with Crippen LogP contribution in [0.1, 0.15) is 33.1 Å². The standard InChI is InChI=1S/C9H15NO3/c1-6(11)8-4-3-5-9(7(2)12)10(8)13/h8-10H,3-5H2,1-2H3. The van der Waals surface area contributed by atoms with Crippen LogP contribution < -0.4 is 5.06 Å². The molecule has 1 N–H and O–H groups in total. The number of piperidine rings is 1. The highest BCUT2D eigenvalue weighted by Gasteiger charge is 2.34. The van der Waals surface area contributed by atoms with Gasteiger partial charge in [0.2, 0.25) is 0 Å². The molecule has 1 heterocycles. The highest BCUT2D eigenvalue weighted by Crippen LogP contribution is 2.09. The second kappa shape index (κ2) is 3.98. The summed E-state index contributed by atoms with van der Waals surface area (Å²) in [7, 11) is 0. The van der Waals surface area contributed by atoms with E-state index in [2.05, 4.69) is 0 Å². The van der Waals surface area contributed by atoms with Crippen molar-refractivity contribution in [1.29, 1.82) is 0 Å². The van der Waals surface area contributed by atoms with Gasteiger partial charge in [0.25, 0.3) is 0 Å². The molecule has 4 heteroatoms. The molecule has 74 valence electrons. The van der Waals surface area contributed by atoms with Gasteiger partial charge in [0.05, 0.1) is 0 Å². The summed E-state index contributed by atoms with van der Waals surface area (Å²) in [6.45, 7) is 2.84. The molecule has 1 saturated heterocycles. The number of hydrogen-bond donors (Lipinski definition) is 1. The zero-order valence-corrected chi connectivity index (χ0v) is 8.00. The van der Waals surface area contributed by atoms with Crippen molar-refractivity contribution in [2.45, 2.75) is 45.2 Å². The SMILES string of the molecule is CC(=O)C1CCCC(C(C)=O)[NH+]1[O-]. The average Bonchev–Trinajstić information content (AvgIpc) is 2.03. The molecule has 2 atom stereocenters. The summed E-state index contributed by atoms with van der Waals surface area (Å²) >= 11 is 0. The van der Waals surface area contributed by atoms with Gasteiger partial charge in [0.1, 0.15) is 12.1 Å². The quantitative estimate of drug-likeness (QED) is 0.588. The molecule has 0 saturated carbocycles. The van der Waals surface area contributed by atoms with Gasteiger partial charge in [0, 0.05) is 26.7 Å². The van der Waals surface area contributed by atoms with Crippen molar-refractivity contribution in [1.82, 2.24) is 0 Å². The van der Waals surface area contributed by atoms with E-state index in [1.54, 1.807) is 0 Å². The number of carbonyl (C=O) groups is 2. The normalized spacial score (nSPS) is 34.2. The number of hydroxylamine groups is 2. The molecule has 0 bridgehead atoms. The molecular weight excluding hydrogens is 170 g/mol. The van der Waals surface area contributed by atoms with E-state index in [0.717, 1.165) is 6.42 Å². The Hall–Kier alpha value is -0.740. The molecule has 4 nitrogen and oxygen atoms in total. The third kappa shape index (κ3) is 2.14. The Morgan fingerprint density at radius 1 is 1.15 bits per heavy atom. The highest BCUT2D eigenvalue weighted by molar-refractivity contribution is 5.82. The Labute approximate surface area is 77.5 Å². The lowest BCUT2D eigenvalue weighted by Gasteiger charge is -2.39. The number of carbonyl (C=O) groups excluding carboxylic acids is 2. The monoisotopic (exact) mass is 185 g/mol. The first-order valence-electron chi connectivity index (χ1n) is 4.58. The smallest absolute Gasteiger partial charge is 0.187 e. The van der Waals surface area contributed by atoms with Gasteiger partial charge in [-0.3, -0.25) is 9.59 Å². The number of quaternary nitrogens is 1. The molecule has 1 fully saturated rings. The number of ketones is 2. The van der Waals surface area contributed by atoms with E-state index in [-0.39, 0.29) is 16.6 Å². The molecule has 0 radical (unpaired) electrons. The molecule has 2 unspecified atom stereocenters. The molecule has 0 spiro atoms. The summed E-state index contributed by atoms with van der Waals surface area (Å²) in [5, 5.41) is 11.4. The second-order valence-electron chi connectivity index (χ2n) is 3.66. The maximum atomic E-state index is 11.6. The van der Waals surface area contributed by atoms with E-state index in [9.17, 15) is 14.8 Å². The van der Waals surface area contributed by atoms with Gasteiger partial charge < -0.3 is 10.3 Å². The lowest BCUT2D eigenvalue weighted by Crippen LogP contribution is -3.17. The highest BCUT2D eigenvalue weighted by atomic mass is 16.5. The van der Waals surface area contributed by atoms with Crippen molar-refractivity contribution >= 4 is 11.6 Å². The molecule has 0 aromatic rings. The predicted octanol–water partition coefficient (Wildman–Crippen LogP) is -0.532. The van der Waals surface area contributed by atoms with Crippen molar-refractivity contribution in [3.63, 3.8) is 0 Å². The van der Waals surface area contributed by atoms with Crippen LogP contribution in [0.4, 0.5) is 0 Å². The summed E-state index contributed by atoms with van der Waals surface area (Å²) in [4.78, 5) is 22.1. The van der Waals surface area contributed by atoms with E-state index in [1.807, 2.05) is 0 Å². The van der Waals surface area contributed by atoms with E-state index in [4.69, 9.17) is 0 Å². The Balaban J connectivity index is 2.71. The van der Waals surface area contributed by atoms with E-state index in [1.165, 1.54) is 13.8 Å². The van der Waals surface area contributed by atoms with Crippen molar-refractivity contribution in [3.05, 3.63) is 5.21 Å². The van der Waals surface area contributed by atoms with Crippen LogP contribution >= 0.6 is 0 Å². The molecule has 1 aliphatic heterocycles. The van der Waals surface area contributed by atoms with Crippen LogP contribution in [0.15, 0.2) is 0 Å². The number of nitrogens with one attached hydrogen (secondary N) is 1. The van der Waals surface area contributed by atoms with Crippen LogP contribution in [-0.2, 0) is 9.59 Å². The topological polar surface area (TPSA) is 61.6 Å². The Morgan fingerprint density at radius 2 is 1.54 bits per heavy atom. The minimum atomic E-state index is -0.511. The first kappa shape index (κ1) is 10.3. The van der Waals surface area contributed by atoms with Gasteiger partial charge in [-0.25, -0.2) is 0 Å². The molecule has 0 amide bonds. The minimum Gasteiger partial charge on any atom is -0.633 e. The molecule has 0 aliphatic carbocycles. The van der Waals surface area contributed by atoms with Gasteiger partial charge in [0.15, 0.2) is 11.6 Å². The maximum Gasteiger partial charge on any atom is 0.187 e. The average molecular weight is 185 g/mol. The van der Waals surface area contributed by atoms with Crippen LogP contribution in [0, 0.1) is 5.21 Å². The van der Waals surface area contributed by atoms with E-state index < -0.39 is 12.1 Å². The molecule has 1 aliphatic rings. The lowest BCUT2D eigenvalue weighted by molar-refractivity contribution is -0.887. The predicted molar refractivity (Wildman–Crippen MR) is 47.1 cm³/mol. The lowest BCUT2D eigenvalue weighted by atomic mass is 9.94. The van der Waals surface area contributed by atoms with E-state index in [0.29, 0.717) is 12.8 Å². The summed E-state index contributed by atoms with van der Waals surface area (Å²) in [6, 6.07) is -1.02. The maximum absolute atomic E-state index is 11.6. The molecule has 1 rings (SSSR count). The first-order valence-corrected chi connectivity index (χ1v) is 4.58. The van der Waals surface area contributed by atoms with Crippen molar-refractivity contribution in [3.8, 4) is 0 Å². The minimum absolute atomic E-state index is 0.101. The number of Topliss-reactive ketones (excluding diaryl/α,β-unsaturated/α-hetero) is 2. The van der Waals surface area contributed by atoms with Crippen LogP contribution in [0.5, 0.6) is 0 Å². The fraction of sp³-hybridized carbons (Fsp3) is 0.778. The number of rotatable bonds is 2. The third-order valence-electron chi connectivity index (χ3n) is 2.65. The van der Waals surface area contributed by atoms with Gasteiger partial charge in [-0.15, -0.1) is 0 Å². The Morgan fingerprint density at radius 3 is 1.85 bits per heavy atom. The van der Waals surface area contributed by atoms with Crippen LogP contribution in [-0.4, -0.2) is 23.7 Å². The van der Waals surface area contributed by atoms with E-state index >= 15 is 0 Å². The zero-order chi connectivity index (χ0) is 10.0. The van der Waals surface area contributed by atoms with Gasteiger partial charge in [-0.1, -0.05) is 0 Å². The summed E-state index contributed by atoms with van der Waals surface area (Å²) in [6.07, 6.45) is 2.05. The summed E-state index contributed by atoms with van der Waals surface area (Å²) in [5.74, 6) is -0.202. The Kier molecular flexibility index (Phi) is 3.17. The fourth-order valence-electron chi connectivity index (χ4n) is 1.86. The molecule has 13 heavy (non-hydrogen) atoms. The number of hydrogen-bond acceptors (Lipinski definition) is 3. The van der Waals surface area contributed by atoms with Crippen LogP contribution in [0.3, 0.4) is 0 Å². The molecular formula is C9H15NO3. The molecule has 0 aromatic carbocycles. The van der Waals surface area contributed by atoms with Gasteiger partial charge in [-0.05, 0) is 6.42 Å². The van der Waals surface area contributed by atoms with Gasteiger partial charge >= 0.3 is 0 Å². The largest absolute Gasteiger partial charge is 0.633 e. The first-order chi connectivity index (χ1) is 6.04. The van der Waals surface area contributed by atoms with Crippen LogP contribution in [0.2, 0.25) is 0 Å².